The number of nitrogens with zero attached hydrogens (tertiary/aromatic N) is 2. The molecule has 0 radical (unpaired) electrons. The molecule has 1 aromatic heterocycles. The van der Waals surface area contributed by atoms with E-state index >= 15 is 0 Å². The van der Waals surface area contributed by atoms with Gasteiger partial charge in [0, 0.05) is 19.6 Å². The lowest BCUT2D eigenvalue weighted by Gasteiger charge is -2.33. The fourth-order valence-corrected chi connectivity index (χ4v) is 4.50. The van der Waals surface area contributed by atoms with E-state index in [0.29, 0.717) is 26.2 Å². The molecule has 0 bridgehead atoms. The first-order chi connectivity index (χ1) is 12.4. The summed E-state index contributed by atoms with van der Waals surface area (Å²) < 4.78 is 41.7. The summed E-state index contributed by atoms with van der Waals surface area (Å²) in [6, 6.07) is 1.93. The number of hydrogen-bond acceptors (Lipinski definition) is 7. The zero-order valence-electron chi connectivity index (χ0n) is 14.5. The molecule has 2 fully saturated rings. The minimum absolute atomic E-state index is 0.104. The second-order valence-electron chi connectivity index (χ2n) is 6.17. The SMILES string of the molecule is COC(=O)C1CCCCN1C(=O)c1ccc(S(=O)(=O)N2CCOCC2)o1. The Morgan fingerprint density at radius 2 is 1.88 bits per heavy atom. The van der Waals surface area contributed by atoms with Crippen molar-refractivity contribution in [2.75, 3.05) is 40.0 Å². The molecule has 10 heteroatoms. The Hall–Kier alpha value is -1.91. The standard InChI is InChI=1S/C16H22N2O7S/c1-23-16(20)12-4-2-3-7-18(12)15(19)13-5-6-14(25-13)26(21,22)17-8-10-24-11-9-17/h5-6,12H,2-4,7-11H2,1H3. The molecule has 0 spiro atoms. The second-order valence-corrected chi connectivity index (χ2v) is 8.04. The van der Waals surface area contributed by atoms with Crippen LogP contribution in [0, 0.1) is 0 Å². The van der Waals surface area contributed by atoms with E-state index in [1.165, 1.54) is 28.4 Å². The zero-order chi connectivity index (χ0) is 18.7. The van der Waals surface area contributed by atoms with Gasteiger partial charge in [-0.1, -0.05) is 0 Å². The quantitative estimate of drug-likeness (QED) is 0.692. The van der Waals surface area contributed by atoms with Gasteiger partial charge in [0.05, 0.1) is 20.3 Å². The largest absolute Gasteiger partial charge is 0.467 e. The molecule has 144 valence electrons. The normalized spacial score (nSPS) is 22.2. The van der Waals surface area contributed by atoms with Crippen molar-refractivity contribution in [1.29, 1.82) is 0 Å². The van der Waals surface area contributed by atoms with Crippen molar-refractivity contribution in [2.45, 2.75) is 30.4 Å². The first-order valence-electron chi connectivity index (χ1n) is 8.51. The molecule has 1 atom stereocenters. The highest BCUT2D eigenvalue weighted by Crippen LogP contribution is 2.24. The molecule has 3 rings (SSSR count). The van der Waals surface area contributed by atoms with Crippen LogP contribution < -0.4 is 0 Å². The van der Waals surface area contributed by atoms with Gasteiger partial charge in [0.15, 0.2) is 5.76 Å². The lowest BCUT2D eigenvalue weighted by molar-refractivity contribution is -0.147. The van der Waals surface area contributed by atoms with Crippen molar-refractivity contribution < 1.29 is 31.9 Å². The van der Waals surface area contributed by atoms with Gasteiger partial charge in [-0.2, -0.15) is 4.31 Å². The molecule has 1 aromatic rings. The number of amides is 1. The van der Waals surface area contributed by atoms with Crippen LogP contribution >= 0.6 is 0 Å². The molecule has 0 aliphatic carbocycles. The summed E-state index contributed by atoms with van der Waals surface area (Å²) in [6.07, 6.45) is 2.09. The van der Waals surface area contributed by atoms with Crippen LogP contribution in [0.2, 0.25) is 0 Å². The average molecular weight is 386 g/mol. The highest BCUT2D eigenvalue weighted by atomic mass is 32.2. The molecular formula is C16H22N2O7S. The highest BCUT2D eigenvalue weighted by Gasteiger charge is 2.36. The van der Waals surface area contributed by atoms with Crippen LogP contribution in [0.25, 0.3) is 0 Å². The Labute approximate surface area is 151 Å². The van der Waals surface area contributed by atoms with E-state index in [2.05, 4.69) is 0 Å². The fourth-order valence-electron chi connectivity index (χ4n) is 3.19. The van der Waals surface area contributed by atoms with Crippen molar-refractivity contribution in [2.24, 2.45) is 0 Å². The third-order valence-electron chi connectivity index (χ3n) is 4.59. The number of methoxy groups -OCH3 is 1. The predicted octanol–water partition coefficient (Wildman–Crippen LogP) is 0.468. The number of carbonyl (C=O) groups excluding carboxylic acids is 2. The summed E-state index contributed by atoms with van der Waals surface area (Å²) >= 11 is 0. The number of likely N-dealkylation sites (tertiary alicyclic amines) is 1. The smallest absolute Gasteiger partial charge is 0.328 e. The van der Waals surface area contributed by atoms with Gasteiger partial charge in [-0.15, -0.1) is 0 Å². The Morgan fingerprint density at radius 3 is 2.58 bits per heavy atom. The lowest BCUT2D eigenvalue weighted by Crippen LogP contribution is -2.48. The third-order valence-corrected chi connectivity index (χ3v) is 6.37. The topological polar surface area (TPSA) is 106 Å². The lowest BCUT2D eigenvalue weighted by atomic mass is 10.0. The molecule has 0 saturated carbocycles. The van der Waals surface area contributed by atoms with Gasteiger partial charge >= 0.3 is 5.97 Å². The van der Waals surface area contributed by atoms with Crippen molar-refractivity contribution >= 4 is 21.9 Å². The van der Waals surface area contributed by atoms with Gasteiger partial charge in [-0.05, 0) is 31.4 Å². The molecule has 0 N–H and O–H groups in total. The van der Waals surface area contributed by atoms with Gasteiger partial charge in [0.2, 0.25) is 5.09 Å². The molecule has 1 amide bonds. The van der Waals surface area contributed by atoms with Crippen LogP contribution in [0.15, 0.2) is 21.6 Å². The molecule has 0 aromatic carbocycles. The summed E-state index contributed by atoms with van der Waals surface area (Å²) in [4.78, 5) is 26.1. The molecule has 2 saturated heterocycles. The molecule has 26 heavy (non-hydrogen) atoms. The monoisotopic (exact) mass is 386 g/mol. The third kappa shape index (κ3) is 3.62. The van der Waals surface area contributed by atoms with E-state index < -0.39 is 27.9 Å². The van der Waals surface area contributed by atoms with Crippen molar-refractivity contribution in [3.8, 4) is 0 Å². The first kappa shape index (κ1) is 18.9. The first-order valence-corrected chi connectivity index (χ1v) is 9.95. The maximum absolute atomic E-state index is 12.7. The van der Waals surface area contributed by atoms with E-state index in [-0.39, 0.29) is 23.9 Å². The zero-order valence-corrected chi connectivity index (χ0v) is 15.4. The Morgan fingerprint density at radius 1 is 1.15 bits per heavy atom. The molecule has 3 heterocycles. The summed E-state index contributed by atoms with van der Waals surface area (Å²) in [6.45, 7) is 1.51. The van der Waals surface area contributed by atoms with Crippen LogP contribution in [-0.4, -0.2) is 75.5 Å². The Bertz CT molecular complexity index is 767. The van der Waals surface area contributed by atoms with E-state index in [1.807, 2.05) is 0 Å². The molecular weight excluding hydrogens is 364 g/mol. The molecule has 9 nitrogen and oxygen atoms in total. The van der Waals surface area contributed by atoms with Gasteiger partial charge in [0.25, 0.3) is 15.9 Å². The van der Waals surface area contributed by atoms with Gasteiger partial charge < -0.3 is 18.8 Å². The number of esters is 1. The van der Waals surface area contributed by atoms with Crippen LogP contribution in [-0.2, 0) is 24.3 Å². The number of rotatable bonds is 4. The molecule has 1 unspecified atom stereocenters. The van der Waals surface area contributed by atoms with Crippen molar-refractivity contribution in [1.82, 2.24) is 9.21 Å². The van der Waals surface area contributed by atoms with E-state index in [0.717, 1.165) is 12.8 Å². The Kier molecular flexibility index (Phi) is 5.64. The fraction of sp³-hybridized carbons (Fsp3) is 0.625. The van der Waals surface area contributed by atoms with Gasteiger partial charge in [-0.25, -0.2) is 13.2 Å². The predicted molar refractivity (Wildman–Crippen MR) is 89.0 cm³/mol. The van der Waals surface area contributed by atoms with E-state index in [1.54, 1.807) is 0 Å². The number of carbonyl (C=O) groups is 2. The number of sulfonamides is 1. The van der Waals surface area contributed by atoms with E-state index in [9.17, 15) is 18.0 Å². The van der Waals surface area contributed by atoms with E-state index in [4.69, 9.17) is 13.9 Å². The summed E-state index contributed by atoms with van der Waals surface area (Å²) in [5.74, 6) is -1.10. The van der Waals surface area contributed by atoms with Crippen molar-refractivity contribution in [3.63, 3.8) is 0 Å². The highest BCUT2D eigenvalue weighted by molar-refractivity contribution is 7.89. The minimum Gasteiger partial charge on any atom is -0.467 e. The van der Waals surface area contributed by atoms with Gasteiger partial charge in [-0.3, -0.25) is 4.79 Å². The van der Waals surface area contributed by atoms with Crippen LogP contribution in [0.1, 0.15) is 29.8 Å². The van der Waals surface area contributed by atoms with Gasteiger partial charge in [0.1, 0.15) is 6.04 Å². The average Bonchev–Trinajstić information content (AvgIpc) is 3.18. The second kappa shape index (κ2) is 7.77. The number of ether oxygens (including phenoxy) is 2. The number of morpholine rings is 1. The Balaban J connectivity index is 1.80. The summed E-state index contributed by atoms with van der Waals surface area (Å²) in [7, 11) is -2.54. The summed E-state index contributed by atoms with van der Waals surface area (Å²) in [5.41, 5.74) is 0. The molecule has 2 aliphatic heterocycles. The minimum atomic E-state index is -3.82. The summed E-state index contributed by atoms with van der Waals surface area (Å²) in [5, 5.41) is -0.283. The number of furan rings is 1. The maximum atomic E-state index is 12.7. The number of piperidine rings is 1. The van der Waals surface area contributed by atoms with Crippen LogP contribution in [0.4, 0.5) is 0 Å². The van der Waals surface area contributed by atoms with Crippen LogP contribution in [0.3, 0.4) is 0 Å². The number of hydrogen-bond donors (Lipinski definition) is 0. The van der Waals surface area contributed by atoms with Crippen LogP contribution in [0.5, 0.6) is 0 Å². The molecule has 2 aliphatic rings. The van der Waals surface area contributed by atoms with Crippen molar-refractivity contribution in [3.05, 3.63) is 17.9 Å². The maximum Gasteiger partial charge on any atom is 0.328 e.